The molecule has 1 aliphatic heterocycles. The maximum absolute atomic E-state index is 12.6. The van der Waals surface area contributed by atoms with Crippen molar-refractivity contribution in [1.82, 2.24) is 20.4 Å². The van der Waals surface area contributed by atoms with Crippen LogP contribution in [0, 0.1) is 0 Å². The van der Waals surface area contributed by atoms with E-state index in [2.05, 4.69) is 15.7 Å². The van der Waals surface area contributed by atoms with Gasteiger partial charge in [-0.2, -0.15) is 5.10 Å². The van der Waals surface area contributed by atoms with Gasteiger partial charge in [0.2, 0.25) is 0 Å². The lowest BCUT2D eigenvalue weighted by atomic mass is 10.1. The predicted octanol–water partition coefficient (Wildman–Crippen LogP) is 1.66. The Bertz CT molecular complexity index is 726. The van der Waals surface area contributed by atoms with E-state index >= 15 is 0 Å². The molecule has 2 aromatic rings. The standard InChI is InChI=1S/C18H24N4O2S/c1-25(24)13-17(14-6-3-2-4-7-14)20-18(23)16-9-11-22(21-16)15-8-5-10-19-12-15/h2-4,6-7,9,11,15,17,19H,5,8,10,12-13H2,1H3,(H,20,23). The van der Waals surface area contributed by atoms with Crippen LogP contribution in [-0.2, 0) is 10.8 Å². The molecule has 2 heterocycles. The third-order valence-corrected chi connectivity index (χ3v) is 5.20. The summed E-state index contributed by atoms with van der Waals surface area (Å²) < 4.78 is 13.6. The molecule has 0 aliphatic carbocycles. The Morgan fingerprint density at radius 2 is 2.20 bits per heavy atom. The van der Waals surface area contributed by atoms with Crippen LogP contribution in [0.2, 0.25) is 0 Å². The lowest BCUT2D eigenvalue weighted by Gasteiger charge is -2.23. The van der Waals surface area contributed by atoms with E-state index in [0.717, 1.165) is 31.5 Å². The zero-order valence-corrected chi connectivity index (χ0v) is 15.2. The summed E-state index contributed by atoms with van der Waals surface area (Å²) in [6, 6.07) is 11.4. The molecule has 3 atom stereocenters. The van der Waals surface area contributed by atoms with Crippen LogP contribution in [0.3, 0.4) is 0 Å². The average Bonchev–Trinajstić information content (AvgIpc) is 3.12. The van der Waals surface area contributed by atoms with Crippen molar-refractivity contribution in [3.63, 3.8) is 0 Å². The smallest absolute Gasteiger partial charge is 0.272 e. The van der Waals surface area contributed by atoms with Crippen molar-refractivity contribution in [2.24, 2.45) is 0 Å². The average molecular weight is 360 g/mol. The zero-order valence-electron chi connectivity index (χ0n) is 14.4. The number of benzene rings is 1. The zero-order chi connectivity index (χ0) is 17.6. The Labute approximate surface area is 150 Å². The summed E-state index contributed by atoms with van der Waals surface area (Å²) in [6.45, 7) is 1.92. The first-order valence-electron chi connectivity index (χ1n) is 8.55. The number of nitrogens with one attached hydrogen (secondary N) is 2. The molecule has 0 spiro atoms. The van der Waals surface area contributed by atoms with Gasteiger partial charge in [-0.05, 0) is 31.0 Å². The molecule has 1 fully saturated rings. The number of amides is 1. The summed E-state index contributed by atoms with van der Waals surface area (Å²) in [4.78, 5) is 12.6. The molecule has 25 heavy (non-hydrogen) atoms. The lowest BCUT2D eigenvalue weighted by molar-refractivity contribution is 0.0934. The van der Waals surface area contributed by atoms with Gasteiger partial charge in [0.15, 0.2) is 0 Å². The van der Waals surface area contributed by atoms with E-state index in [4.69, 9.17) is 0 Å². The largest absolute Gasteiger partial charge is 0.343 e. The van der Waals surface area contributed by atoms with Crippen molar-refractivity contribution in [1.29, 1.82) is 0 Å². The number of carbonyl (C=O) groups excluding carboxylic acids is 1. The molecule has 1 amide bonds. The quantitative estimate of drug-likeness (QED) is 0.821. The lowest BCUT2D eigenvalue weighted by Crippen LogP contribution is -2.33. The first kappa shape index (κ1) is 17.8. The van der Waals surface area contributed by atoms with Gasteiger partial charge >= 0.3 is 0 Å². The van der Waals surface area contributed by atoms with Gasteiger partial charge in [0.05, 0.1) is 12.1 Å². The number of carbonyl (C=O) groups is 1. The molecule has 1 saturated heterocycles. The molecule has 1 aliphatic rings. The van der Waals surface area contributed by atoms with Crippen LogP contribution < -0.4 is 10.6 Å². The highest BCUT2D eigenvalue weighted by molar-refractivity contribution is 7.84. The molecule has 0 bridgehead atoms. The highest BCUT2D eigenvalue weighted by atomic mass is 32.2. The van der Waals surface area contributed by atoms with Crippen LogP contribution in [0.25, 0.3) is 0 Å². The van der Waals surface area contributed by atoms with Gasteiger partial charge in [-0.3, -0.25) is 13.7 Å². The molecule has 1 aromatic carbocycles. The highest BCUT2D eigenvalue weighted by Crippen LogP contribution is 2.17. The third-order valence-electron chi connectivity index (χ3n) is 4.39. The molecule has 3 rings (SSSR count). The van der Waals surface area contributed by atoms with Crippen molar-refractivity contribution in [2.75, 3.05) is 25.1 Å². The molecule has 2 N–H and O–H groups in total. The molecular weight excluding hydrogens is 336 g/mol. The molecule has 0 radical (unpaired) electrons. The third kappa shape index (κ3) is 4.76. The van der Waals surface area contributed by atoms with E-state index in [1.807, 2.05) is 41.2 Å². The van der Waals surface area contributed by atoms with Crippen molar-refractivity contribution in [3.05, 3.63) is 53.9 Å². The number of hydrogen-bond donors (Lipinski definition) is 2. The highest BCUT2D eigenvalue weighted by Gasteiger charge is 2.21. The van der Waals surface area contributed by atoms with Gasteiger partial charge in [0.1, 0.15) is 5.69 Å². The summed E-state index contributed by atoms with van der Waals surface area (Å²) in [6.07, 6.45) is 5.69. The van der Waals surface area contributed by atoms with Crippen LogP contribution in [0.15, 0.2) is 42.6 Å². The molecular formula is C18H24N4O2S. The van der Waals surface area contributed by atoms with Gasteiger partial charge in [-0.1, -0.05) is 30.3 Å². The van der Waals surface area contributed by atoms with E-state index in [1.54, 1.807) is 12.3 Å². The van der Waals surface area contributed by atoms with Gasteiger partial charge in [-0.15, -0.1) is 0 Å². The summed E-state index contributed by atoms with van der Waals surface area (Å²) in [7, 11) is -1.02. The second kappa shape index (κ2) is 8.40. The fourth-order valence-corrected chi connectivity index (χ4v) is 3.84. The SMILES string of the molecule is CS(=O)CC(NC(=O)c1ccn(C2CCCNC2)n1)c1ccccc1. The van der Waals surface area contributed by atoms with Crippen LogP contribution in [-0.4, -0.2) is 45.0 Å². The normalized spacial score (nSPS) is 20.0. The first-order chi connectivity index (χ1) is 12.1. The van der Waals surface area contributed by atoms with Crippen molar-refractivity contribution >= 4 is 16.7 Å². The van der Waals surface area contributed by atoms with Crippen LogP contribution in [0.4, 0.5) is 0 Å². The summed E-state index contributed by atoms with van der Waals surface area (Å²) in [5.41, 5.74) is 1.34. The fraction of sp³-hybridized carbons (Fsp3) is 0.444. The Morgan fingerprint density at radius 3 is 2.88 bits per heavy atom. The van der Waals surface area contributed by atoms with Gasteiger partial charge in [0.25, 0.3) is 5.91 Å². The van der Waals surface area contributed by atoms with Gasteiger partial charge < -0.3 is 10.6 Å². The summed E-state index contributed by atoms with van der Waals surface area (Å²) >= 11 is 0. The van der Waals surface area contributed by atoms with Gasteiger partial charge in [-0.25, -0.2) is 0 Å². The Morgan fingerprint density at radius 1 is 1.40 bits per heavy atom. The molecule has 7 heteroatoms. The van der Waals surface area contributed by atoms with E-state index < -0.39 is 10.8 Å². The minimum absolute atomic E-state index is 0.234. The van der Waals surface area contributed by atoms with E-state index in [-0.39, 0.29) is 11.9 Å². The Kier molecular flexibility index (Phi) is 5.99. The molecule has 6 nitrogen and oxygen atoms in total. The second-order valence-electron chi connectivity index (χ2n) is 6.36. The molecule has 3 unspecified atom stereocenters. The number of nitrogens with zero attached hydrogens (tertiary/aromatic N) is 2. The monoisotopic (exact) mass is 360 g/mol. The predicted molar refractivity (Wildman–Crippen MR) is 99.0 cm³/mol. The van der Waals surface area contributed by atoms with Crippen LogP contribution >= 0.6 is 0 Å². The minimum atomic E-state index is -1.02. The second-order valence-corrected chi connectivity index (χ2v) is 7.84. The maximum Gasteiger partial charge on any atom is 0.272 e. The Hall–Kier alpha value is -1.99. The number of rotatable bonds is 6. The summed E-state index contributed by atoms with van der Waals surface area (Å²) in [5.74, 6) is 0.144. The van der Waals surface area contributed by atoms with Gasteiger partial charge in [0, 0.05) is 35.5 Å². The Balaban J connectivity index is 1.70. The topological polar surface area (TPSA) is 76.0 Å². The van der Waals surface area contributed by atoms with E-state index in [0.29, 0.717) is 17.5 Å². The van der Waals surface area contributed by atoms with E-state index in [9.17, 15) is 9.00 Å². The van der Waals surface area contributed by atoms with E-state index in [1.165, 1.54) is 0 Å². The number of aromatic nitrogens is 2. The number of hydrogen-bond acceptors (Lipinski definition) is 4. The summed E-state index contributed by atoms with van der Waals surface area (Å²) in [5, 5.41) is 10.8. The number of piperidine rings is 1. The fourth-order valence-electron chi connectivity index (χ4n) is 3.10. The van der Waals surface area contributed by atoms with Crippen molar-refractivity contribution in [3.8, 4) is 0 Å². The van der Waals surface area contributed by atoms with Crippen molar-refractivity contribution in [2.45, 2.75) is 24.9 Å². The minimum Gasteiger partial charge on any atom is -0.343 e. The van der Waals surface area contributed by atoms with Crippen LogP contribution in [0.5, 0.6) is 0 Å². The molecule has 134 valence electrons. The molecule has 0 saturated carbocycles. The van der Waals surface area contributed by atoms with Crippen molar-refractivity contribution < 1.29 is 9.00 Å². The first-order valence-corrected chi connectivity index (χ1v) is 10.3. The molecule has 1 aromatic heterocycles. The maximum atomic E-state index is 12.6. The van der Waals surface area contributed by atoms with Crippen LogP contribution in [0.1, 0.15) is 41.0 Å².